The number of likely N-dealkylation sites (tertiary alicyclic amines) is 1. The summed E-state index contributed by atoms with van der Waals surface area (Å²) in [6, 6.07) is 11.5. The molecule has 1 saturated heterocycles. The van der Waals surface area contributed by atoms with Gasteiger partial charge in [-0.05, 0) is 39.7 Å². The van der Waals surface area contributed by atoms with E-state index in [1.165, 1.54) is 0 Å². The fraction of sp³-hybridized carbons (Fsp3) is 0.391. The van der Waals surface area contributed by atoms with E-state index in [1.807, 2.05) is 44.2 Å². The van der Waals surface area contributed by atoms with Gasteiger partial charge in [0.25, 0.3) is 5.91 Å². The predicted octanol–water partition coefficient (Wildman–Crippen LogP) is 3.85. The maximum absolute atomic E-state index is 13.1. The average Bonchev–Trinajstić information content (AvgIpc) is 3.43. The van der Waals surface area contributed by atoms with E-state index in [0.717, 1.165) is 31.5 Å². The Labute approximate surface area is 175 Å². The summed E-state index contributed by atoms with van der Waals surface area (Å²) in [4.78, 5) is 32.2. The molecule has 2 aromatic heterocycles. The van der Waals surface area contributed by atoms with Gasteiger partial charge in [-0.2, -0.15) is 5.10 Å². The minimum Gasteiger partial charge on any atom is -0.449 e. The van der Waals surface area contributed by atoms with E-state index in [0.29, 0.717) is 22.3 Å². The summed E-state index contributed by atoms with van der Waals surface area (Å²) in [7, 11) is 0. The standard InChI is InChI=1S/C23H26N4O3/c1-15(2)27-21-19(14-24-27)18(13-20(25-21)17-9-5-4-6-10-17)23(29)30-16(3)22(28)26-11-7-8-12-26/h4-6,9-10,13-16H,7-8,11-12H2,1-3H3. The smallest absolute Gasteiger partial charge is 0.339 e. The number of esters is 1. The van der Waals surface area contributed by atoms with Gasteiger partial charge in [0.05, 0.1) is 22.8 Å². The normalized spacial score (nSPS) is 15.0. The van der Waals surface area contributed by atoms with Crippen molar-refractivity contribution in [2.75, 3.05) is 13.1 Å². The van der Waals surface area contributed by atoms with Gasteiger partial charge in [-0.25, -0.2) is 14.5 Å². The molecule has 1 fully saturated rings. The fourth-order valence-electron chi connectivity index (χ4n) is 3.79. The van der Waals surface area contributed by atoms with Gasteiger partial charge in [0.1, 0.15) is 0 Å². The number of nitrogens with zero attached hydrogens (tertiary/aromatic N) is 4. The highest BCUT2D eigenvalue weighted by molar-refractivity contribution is 6.04. The van der Waals surface area contributed by atoms with Crippen LogP contribution >= 0.6 is 0 Å². The molecule has 0 saturated carbocycles. The van der Waals surface area contributed by atoms with Gasteiger partial charge in [0, 0.05) is 24.7 Å². The highest BCUT2D eigenvalue weighted by atomic mass is 16.5. The molecule has 0 bridgehead atoms. The minimum atomic E-state index is -0.834. The molecule has 1 atom stereocenters. The summed E-state index contributed by atoms with van der Waals surface area (Å²) >= 11 is 0. The molecule has 7 nitrogen and oxygen atoms in total. The van der Waals surface area contributed by atoms with Crippen molar-refractivity contribution in [2.24, 2.45) is 0 Å². The number of carbonyl (C=O) groups is 2. The van der Waals surface area contributed by atoms with Crippen LogP contribution in [0.5, 0.6) is 0 Å². The van der Waals surface area contributed by atoms with Crippen LogP contribution < -0.4 is 0 Å². The summed E-state index contributed by atoms with van der Waals surface area (Å²) in [6.45, 7) is 7.10. The topological polar surface area (TPSA) is 77.3 Å². The first-order chi connectivity index (χ1) is 14.5. The van der Waals surface area contributed by atoms with Crippen LogP contribution in [-0.2, 0) is 9.53 Å². The SMILES string of the molecule is CC(OC(=O)c1cc(-c2ccccc2)nc2c1cnn2C(C)C)C(=O)N1CCCC1. The van der Waals surface area contributed by atoms with Gasteiger partial charge in [-0.3, -0.25) is 4.79 Å². The van der Waals surface area contributed by atoms with Crippen molar-refractivity contribution in [3.63, 3.8) is 0 Å². The Balaban J connectivity index is 1.71. The van der Waals surface area contributed by atoms with E-state index in [4.69, 9.17) is 9.72 Å². The van der Waals surface area contributed by atoms with Crippen LogP contribution in [0.3, 0.4) is 0 Å². The number of fused-ring (bicyclic) bond motifs is 1. The highest BCUT2D eigenvalue weighted by Crippen LogP contribution is 2.27. The molecular weight excluding hydrogens is 380 g/mol. The third kappa shape index (κ3) is 3.79. The van der Waals surface area contributed by atoms with Crippen molar-refractivity contribution in [1.29, 1.82) is 0 Å². The number of ether oxygens (including phenoxy) is 1. The quantitative estimate of drug-likeness (QED) is 0.602. The van der Waals surface area contributed by atoms with E-state index < -0.39 is 12.1 Å². The Hall–Kier alpha value is -3.22. The lowest BCUT2D eigenvalue weighted by Gasteiger charge is -2.20. The lowest BCUT2D eigenvalue weighted by molar-refractivity contribution is -0.138. The monoisotopic (exact) mass is 406 g/mol. The van der Waals surface area contributed by atoms with Crippen LogP contribution in [0.2, 0.25) is 0 Å². The second kappa shape index (κ2) is 8.26. The molecule has 1 aromatic carbocycles. The van der Waals surface area contributed by atoms with Crippen molar-refractivity contribution >= 4 is 22.9 Å². The molecule has 1 unspecified atom stereocenters. The second-order valence-corrected chi connectivity index (χ2v) is 7.92. The number of hydrogen-bond acceptors (Lipinski definition) is 5. The highest BCUT2D eigenvalue weighted by Gasteiger charge is 2.28. The van der Waals surface area contributed by atoms with Crippen LogP contribution in [0.1, 0.15) is 50.0 Å². The Kier molecular flexibility index (Phi) is 5.53. The first kappa shape index (κ1) is 20.1. The zero-order valence-corrected chi connectivity index (χ0v) is 17.5. The molecule has 3 heterocycles. The molecule has 4 rings (SSSR count). The molecule has 1 amide bonds. The number of carbonyl (C=O) groups excluding carboxylic acids is 2. The second-order valence-electron chi connectivity index (χ2n) is 7.92. The molecule has 0 radical (unpaired) electrons. The Morgan fingerprint density at radius 1 is 1.07 bits per heavy atom. The van der Waals surface area contributed by atoms with Crippen LogP contribution in [0, 0.1) is 0 Å². The molecule has 30 heavy (non-hydrogen) atoms. The van der Waals surface area contributed by atoms with Crippen LogP contribution in [0.15, 0.2) is 42.6 Å². The number of pyridine rings is 1. The molecule has 1 aliphatic heterocycles. The molecule has 1 aliphatic rings. The Bertz CT molecular complexity index is 1070. The number of rotatable bonds is 5. The number of amides is 1. The molecule has 0 N–H and O–H groups in total. The van der Waals surface area contributed by atoms with Gasteiger partial charge in [-0.1, -0.05) is 30.3 Å². The number of aromatic nitrogens is 3. The predicted molar refractivity (Wildman–Crippen MR) is 114 cm³/mol. The maximum atomic E-state index is 13.1. The first-order valence-electron chi connectivity index (χ1n) is 10.4. The summed E-state index contributed by atoms with van der Waals surface area (Å²) in [5.41, 5.74) is 2.55. The third-order valence-corrected chi connectivity index (χ3v) is 5.39. The first-order valence-corrected chi connectivity index (χ1v) is 10.4. The molecule has 0 spiro atoms. The van der Waals surface area contributed by atoms with Gasteiger partial charge in [-0.15, -0.1) is 0 Å². The summed E-state index contributed by atoms with van der Waals surface area (Å²) in [5, 5.41) is 5.04. The zero-order valence-electron chi connectivity index (χ0n) is 17.5. The van der Waals surface area contributed by atoms with Crippen LogP contribution in [0.4, 0.5) is 0 Å². The van der Waals surface area contributed by atoms with E-state index in [-0.39, 0.29) is 11.9 Å². The van der Waals surface area contributed by atoms with Gasteiger partial charge < -0.3 is 9.64 Å². The Morgan fingerprint density at radius 2 is 1.77 bits per heavy atom. The van der Waals surface area contributed by atoms with Gasteiger partial charge >= 0.3 is 5.97 Å². The van der Waals surface area contributed by atoms with Crippen LogP contribution in [-0.4, -0.2) is 50.7 Å². The zero-order chi connectivity index (χ0) is 21.3. The van der Waals surface area contributed by atoms with Gasteiger partial charge in [0.15, 0.2) is 11.8 Å². The van der Waals surface area contributed by atoms with E-state index in [1.54, 1.807) is 28.8 Å². The van der Waals surface area contributed by atoms with Crippen molar-refractivity contribution < 1.29 is 14.3 Å². The van der Waals surface area contributed by atoms with Crippen molar-refractivity contribution in [3.05, 3.63) is 48.2 Å². The largest absolute Gasteiger partial charge is 0.449 e. The lowest BCUT2D eigenvalue weighted by atomic mass is 10.1. The summed E-state index contributed by atoms with van der Waals surface area (Å²) in [6.07, 6.45) is 2.79. The van der Waals surface area contributed by atoms with Gasteiger partial charge in [0.2, 0.25) is 0 Å². The van der Waals surface area contributed by atoms with Crippen molar-refractivity contribution in [2.45, 2.75) is 45.8 Å². The third-order valence-electron chi connectivity index (χ3n) is 5.39. The van der Waals surface area contributed by atoms with E-state index in [2.05, 4.69) is 5.10 Å². The number of hydrogen-bond donors (Lipinski definition) is 0. The summed E-state index contributed by atoms with van der Waals surface area (Å²) < 4.78 is 7.37. The maximum Gasteiger partial charge on any atom is 0.339 e. The van der Waals surface area contributed by atoms with Crippen molar-refractivity contribution in [3.8, 4) is 11.3 Å². The molecular formula is C23H26N4O3. The molecule has 3 aromatic rings. The molecule has 156 valence electrons. The van der Waals surface area contributed by atoms with Crippen LogP contribution in [0.25, 0.3) is 22.3 Å². The lowest BCUT2D eigenvalue weighted by Crippen LogP contribution is -2.38. The van der Waals surface area contributed by atoms with Crippen molar-refractivity contribution in [1.82, 2.24) is 19.7 Å². The number of benzene rings is 1. The molecule has 0 aliphatic carbocycles. The average molecular weight is 406 g/mol. The Morgan fingerprint density at radius 3 is 2.43 bits per heavy atom. The minimum absolute atomic E-state index is 0.0839. The van der Waals surface area contributed by atoms with E-state index in [9.17, 15) is 9.59 Å². The van der Waals surface area contributed by atoms with E-state index >= 15 is 0 Å². The fourth-order valence-corrected chi connectivity index (χ4v) is 3.79. The molecule has 7 heteroatoms. The summed E-state index contributed by atoms with van der Waals surface area (Å²) in [5.74, 6) is -0.685.